The van der Waals surface area contributed by atoms with Crippen LogP contribution >= 0.6 is 0 Å². The zero-order valence-corrected chi connectivity index (χ0v) is 12.4. The van der Waals surface area contributed by atoms with E-state index in [9.17, 15) is 0 Å². The summed E-state index contributed by atoms with van der Waals surface area (Å²) in [5.74, 6) is 1.54. The summed E-state index contributed by atoms with van der Waals surface area (Å²) in [4.78, 5) is 0. The van der Waals surface area contributed by atoms with Crippen molar-refractivity contribution in [1.29, 1.82) is 0 Å². The van der Waals surface area contributed by atoms with E-state index in [2.05, 4.69) is 39.8 Å². The molecule has 18 heavy (non-hydrogen) atoms. The lowest BCUT2D eigenvalue weighted by Gasteiger charge is -2.18. The van der Waals surface area contributed by atoms with Gasteiger partial charge in [-0.25, -0.2) is 0 Å². The van der Waals surface area contributed by atoms with Crippen LogP contribution in [-0.4, -0.2) is 12.6 Å². The summed E-state index contributed by atoms with van der Waals surface area (Å²) >= 11 is 0. The van der Waals surface area contributed by atoms with Gasteiger partial charge in [0.05, 0.1) is 6.61 Å². The van der Waals surface area contributed by atoms with Gasteiger partial charge >= 0.3 is 0 Å². The third-order valence-corrected chi connectivity index (χ3v) is 3.38. The topological polar surface area (TPSA) is 35.2 Å². The molecule has 0 saturated carbocycles. The highest BCUT2D eigenvalue weighted by Gasteiger charge is 2.13. The van der Waals surface area contributed by atoms with E-state index in [-0.39, 0.29) is 6.04 Å². The first-order valence-electron chi connectivity index (χ1n) is 7.01. The summed E-state index contributed by atoms with van der Waals surface area (Å²) in [5.41, 5.74) is 10.0. The monoisotopic (exact) mass is 249 g/mol. The first-order valence-corrected chi connectivity index (χ1v) is 7.01. The van der Waals surface area contributed by atoms with Crippen molar-refractivity contribution in [2.75, 3.05) is 6.61 Å². The minimum absolute atomic E-state index is 0.215. The molecule has 0 aromatic heterocycles. The summed E-state index contributed by atoms with van der Waals surface area (Å²) in [6, 6.07) is 4.66. The van der Waals surface area contributed by atoms with Crippen LogP contribution in [0.1, 0.15) is 56.7 Å². The number of hydrogen-bond donors (Lipinski definition) is 1. The molecule has 0 aliphatic rings. The summed E-state index contributed by atoms with van der Waals surface area (Å²) in [5, 5.41) is 0. The molecule has 1 aromatic carbocycles. The fourth-order valence-corrected chi connectivity index (χ4v) is 2.24. The summed E-state index contributed by atoms with van der Waals surface area (Å²) < 4.78 is 5.74. The Morgan fingerprint density at radius 2 is 1.89 bits per heavy atom. The average molecular weight is 249 g/mol. The summed E-state index contributed by atoms with van der Waals surface area (Å²) in [6.07, 6.45) is 1.89. The van der Waals surface area contributed by atoms with Crippen molar-refractivity contribution in [2.45, 2.75) is 59.4 Å². The van der Waals surface area contributed by atoms with E-state index in [4.69, 9.17) is 10.5 Å². The average Bonchev–Trinajstić information content (AvgIpc) is 2.32. The fraction of sp³-hybridized carbons (Fsp3) is 0.625. The maximum absolute atomic E-state index is 6.08. The lowest BCUT2D eigenvalue weighted by atomic mass is 9.92. The minimum Gasteiger partial charge on any atom is -0.494 e. The predicted octanol–water partition coefficient (Wildman–Crippen LogP) is 3.80. The molecule has 2 nitrogen and oxygen atoms in total. The molecule has 102 valence electrons. The number of rotatable bonds is 6. The van der Waals surface area contributed by atoms with E-state index >= 15 is 0 Å². The Morgan fingerprint density at radius 3 is 2.39 bits per heavy atom. The third kappa shape index (κ3) is 3.74. The molecule has 1 atom stereocenters. The van der Waals surface area contributed by atoms with Crippen molar-refractivity contribution < 1.29 is 4.74 Å². The zero-order chi connectivity index (χ0) is 13.7. The van der Waals surface area contributed by atoms with Gasteiger partial charge in [0.25, 0.3) is 0 Å². The molecule has 0 saturated heterocycles. The molecule has 0 heterocycles. The Hall–Kier alpha value is -1.02. The molecule has 0 aliphatic carbocycles. The van der Waals surface area contributed by atoms with Gasteiger partial charge < -0.3 is 10.5 Å². The van der Waals surface area contributed by atoms with Crippen LogP contribution in [0.15, 0.2) is 12.1 Å². The van der Waals surface area contributed by atoms with Crippen LogP contribution in [0.4, 0.5) is 0 Å². The van der Waals surface area contributed by atoms with Gasteiger partial charge in [-0.2, -0.15) is 0 Å². The van der Waals surface area contributed by atoms with Crippen LogP contribution in [0.2, 0.25) is 0 Å². The Morgan fingerprint density at radius 1 is 1.22 bits per heavy atom. The second kappa shape index (κ2) is 6.79. The first-order chi connectivity index (χ1) is 8.49. The van der Waals surface area contributed by atoms with Crippen LogP contribution in [0.5, 0.6) is 5.75 Å². The Bertz CT molecular complexity index is 385. The molecule has 0 amide bonds. The van der Waals surface area contributed by atoms with Gasteiger partial charge in [0.1, 0.15) is 5.75 Å². The molecule has 1 rings (SSSR count). The smallest absolute Gasteiger partial charge is 0.122 e. The van der Waals surface area contributed by atoms with Crippen LogP contribution in [-0.2, 0) is 6.42 Å². The van der Waals surface area contributed by atoms with Crippen LogP contribution in [0.3, 0.4) is 0 Å². The van der Waals surface area contributed by atoms with E-state index in [0.717, 1.165) is 18.6 Å². The Labute approximate surface area is 112 Å². The van der Waals surface area contributed by atoms with Gasteiger partial charge in [-0.1, -0.05) is 26.8 Å². The number of aryl methyl sites for hydroxylation is 1. The van der Waals surface area contributed by atoms with Crippen LogP contribution in [0.25, 0.3) is 0 Å². The fourth-order valence-electron chi connectivity index (χ4n) is 2.24. The largest absolute Gasteiger partial charge is 0.494 e. The van der Waals surface area contributed by atoms with E-state index in [1.165, 1.54) is 16.7 Å². The number of hydrogen-bond acceptors (Lipinski definition) is 2. The van der Waals surface area contributed by atoms with Crippen LogP contribution in [0, 0.1) is 6.92 Å². The normalized spacial score (nSPS) is 12.8. The second-order valence-corrected chi connectivity index (χ2v) is 5.28. The van der Waals surface area contributed by atoms with Crippen molar-refractivity contribution in [1.82, 2.24) is 0 Å². The van der Waals surface area contributed by atoms with Crippen LogP contribution < -0.4 is 10.5 Å². The third-order valence-electron chi connectivity index (χ3n) is 3.38. The predicted molar refractivity (Wildman–Crippen MR) is 78.4 cm³/mol. The highest BCUT2D eigenvalue weighted by molar-refractivity contribution is 5.44. The lowest BCUT2D eigenvalue weighted by molar-refractivity contribution is 0.335. The van der Waals surface area contributed by atoms with E-state index in [1.807, 2.05) is 6.92 Å². The maximum atomic E-state index is 6.08. The highest BCUT2D eigenvalue weighted by atomic mass is 16.5. The zero-order valence-electron chi connectivity index (χ0n) is 12.4. The van der Waals surface area contributed by atoms with Gasteiger partial charge in [0, 0.05) is 6.04 Å². The highest BCUT2D eigenvalue weighted by Crippen LogP contribution is 2.29. The van der Waals surface area contributed by atoms with Crippen molar-refractivity contribution in [3.8, 4) is 5.75 Å². The SMILES string of the molecule is CCOc1cc(C)c(C(C)C)cc1CC(N)CC. The molecular formula is C16H27NO. The molecule has 0 bridgehead atoms. The van der Waals surface area contributed by atoms with Gasteiger partial charge in [0.15, 0.2) is 0 Å². The standard InChI is InChI=1S/C16H27NO/c1-6-14(17)9-13-10-15(11(3)4)12(5)8-16(13)18-7-2/h8,10-11,14H,6-7,9,17H2,1-5H3. The van der Waals surface area contributed by atoms with Crippen molar-refractivity contribution >= 4 is 0 Å². The molecule has 1 aromatic rings. The molecule has 0 aliphatic heterocycles. The first kappa shape index (κ1) is 15.0. The lowest BCUT2D eigenvalue weighted by Crippen LogP contribution is -2.22. The Kier molecular flexibility index (Phi) is 5.67. The summed E-state index contributed by atoms with van der Waals surface area (Å²) in [6.45, 7) is 11.5. The van der Waals surface area contributed by atoms with Gasteiger partial charge in [0.2, 0.25) is 0 Å². The quantitative estimate of drug-likeness (QED) is 0.832. The van der Waals surface area contributed by atoms with E-state index in [1.54, 1.807) is 0 Å². The van der Waals surface area contributed by atoms with E-state index in [0.29, 0.717) is 12.5 Å². The van der Waals surface area contributed by atoms with Gasteiger partial charge in [-0.05, 0) is 55.4 Å². The van der Waals surface area contributed by atoms with Crippen molar-refractivity contribution in [3.05, 3.63) is 28.8 Å². The second-order valence-electron chi connectivity index (χ2n) is 5.28. The summed E-state index contributed by atoms with van der Waals surface area (Å²) in [7, 11) is 0. The Balaban J connectivity index is 3.13. The number of nitrogens with two attached hydrogens (primary N) is 1. The van der Waals surface area contributed by atoms with E-state index < -0.39 is 0 Å². The molecule has 2 N–H and O–H groups in total. The van der Waals surface area contributed by atoms with Gasteiger partial charge in [-0.3, -0.25) is 0 Å². The minimum atomic E-state index is 0.215. The molecule has 0 spiro atoms. The van der Waals surface area contributed by atoms with Gasteiger partial charge in [-0.15, -0.1) is 0 Å². The number of ether oxygens (including phenoxy) is 1. The molecular weight excluding hydrogens is 222 g/mol. The molecule has 2 heteroatoms. The van der Waals surface area contributed by atoms with Crippen molar-refractivity contribution in [3.63, 3.8) is 0 Å². The number of benzene rings is 1. The maximum Gasteiger partial charge on any atom is 0.122 e. The molecule has 0 radical (unpaired) electrons. The van der Waals surface area contributed by atoms with Crippen molar-refractivity contribution in [2.24, 2.45) is 5.73 Å². The molecule has 1 unspecified atom stereocenters. The molecule has 0 fully saturated rings.